The van der Waals surface area contributed by atoms with Crippen LogP contribution in [-0.4, -0.2) is 54.0 Å². The Morgan fingerprint density at radius 1 is 1.03 bits per heavy atom. The molecule has 7 nitrogen and oxygen atoms in total. The zero-order chi connectivity index (χ0) is 28.2. The van der Waals surface area contributed by atoms with Crippen LogP contribution in [0.2, 0.25) is 0 Å². The van der Waals surface area contributed by atoms with Gasteiger partial charge in [0.2, 0.25) is 0 Å². The van der Waals surface area contributed by atoms with E-state index in [4.69, 9.17) is 12.2 Å². The largest absolute Gasteiger partial charge is 0.370 e. The van der Waals surface area contributed by atoms with Crippen molar-refractivity contribution >= 4 is 66.6 Å². The van der Waals surface area contributed by atoms with Gasteiger partial charge in [0.15, 0.2) is 0 Å². The van der Waals surface area contributed by atoms with Crippen LogP contribution in [-0.2, 0) is 19.6 Å². The Labute approximate surface area is 239 Å². The topological polar surface area (TPSA) is 86.8 Å². The number of thioether (sulfide) groups is 1. The highest BCUT2D eigenvalue weighted by Crippen LogP contribution is 2.41. The number of hydrogen-bond acceptors (Lipinski definition) is 7. The third-order valence-electron chi connectivity index (χ3n) is 6.71. The molecule has 3 aromatic rings. The average Bonchev–Trinajstić information content (AvgIpc) is 3.20. The van der Waals surface area contributed by atoms with Crippen molar-refractivity contribution in [1.82, 2.24) is 14.5 Å². The zero-order valence-corrected chi connectivity index (χ0v) is 24.5. The van der Waals surface area contributed by atoms with Gasteiger partial charge < -0.3 is 4.90 Å². The molecule has 1 fully saturated rings. The van der Waals surface area contributed by atoms with Crippen molar-refractivity contribution in [1.29, 1.82) is 0 Å². The maximum absolute atomic E-state index is 13.8. The molecule has 204 valence electrons. The van der Waals surface area contributed by atoms with E-state index in [1.165, 1.54) is 17.0 Å². The molecule has 4 rings (SSSR count). The first-order valence-electron chi connectivity index (χ1n) is 12.8. The fourth-order valence-electron chi connectivity index (χ4n) is 4.75. The SMILES string of the molecule is CCCC(CC)N(C)/C(=C1\SC(=S)N(CC(=O)NS(=O)(=O)c2ccccc2)C1=O)c1cccc2ccccc12. The highest BCUT2D eigenvalue weighted by atomic mass is 32.2. The number of benzene rings is 3. The number of fused-ring (bicyclic) bond motifs is 1. The fraction of sp³-hybridized carbons (Fsp3) is 0.276. The first-order chi connectivity index (χ1) is 18.7. The van der Waals surface area contributed by atoms with Gasteiger partial charge in [-0.15, -0.1) is 0 Å². The van der Waals surface area contributed by atoms with Gasteiger partial charge in [0, 0.05) is 18.7 Å². The lowest BCUT2D eigenvalue weighted by Gasteiger charge is -2.33. The van der Waals surface area contributed by atoms with Crippen molar-refractivity contribution in [2.24, 2.45) is 0 Å². The number of hydrogen-bond donors (Lipinski definition) is 1. The number of carbonyl (C=O) groups excluding carboxylic acids is 2. The molecular formula is C29H31N3O4S3. The molecule has 0 saturated carbocycles. The number of rotatable bonds is 10. The third-order valence-corrected chi connectivity index (χ3v) is 9.53. The molecular weight excluding hydrogens is 551 g/mol. The number of amides is 2. The molecule has 0 aromatic heterocycles. The van der Waals surface area contributed by atoms with Crippen LogP contribution < -0.4 is 4.72 Å². The van der Waals surface area contributed by atoms with Crippen molar-refractivity contribution < 1.29 is 18.0 Å². The number of sulfonamides is 1. The molecule has 3 aromatic carbocycles. The summed E-state index contributed by atoms with van der Waals surface area (Å²) in [5.74, 6) is -1.26. The van der Waals surface area contributed by atoms with Crippen LogP contribution in [0.3, 0.4) is 0 Å². The van der Waals surface area contributed by atoms with Crippen molar-refractivity contribution in [3.05, 3.63) is 83.3 Å². The molecule has 1 N–H and O–H groups in total. The standard InChI is InChI=1S/C29H31N3O4S3/c1-4-12-21(5-2)31(3)26(24-18-11-14-20-13-9-10-17-23(20)24)27-28(34)32(29(37)38-27)19-25(33)30-39(35,36)22-15-7-6-8-16-22/h6-11,13-18,21H,4-5,12,19H2,1-3H3,(H,30,33)/b27-26-. The summed E-state index contributed by atoms with van der Waals surface area (Å²) >= 11 is 6.67. The zero-order valence-electron chi connectivity index (χ0n) is 22.1. The van der Waals surface area contributed by atoms with Crippen molar-refractivity contribution in [3.8, 4) is 0 Å². The normalized spacial score (nSPS) is 15.9. The maximum Gasteiger partial charge on any atom is 0.268 e. The summed E-state index contributed by atoms with van der Waals surface area (Å²) in [5.41, 5.74) is 1.66. The molecule has 1 heterocycles. The van der Waals surface area contributed by atoms with Gasteiger partial charge in [-0.3, -0.25) is 14.5 Å². The van der Waals surface area contributed by atoms with E-state index in [1.807, 2.05) is 49.5 Å². The Kier molecular flexibility index (Phi) is 9.09. The molecule has 1 aliphatic heterocycles. The quantitative estimate of drug-likeness (QED) is 0.254. The number of thiocarbonyl (C=S) groups is 1. The van der Waals surface area contributed by atoms with E-state index in [0.717, 1.165) is 53.1 Å². The molecule has 0 aliphatic carbocycles. The van der Waals surface area contributed by atoms with Gasteiger partial charge in [0.05, 0.1) is 10.6 Å². The molecule has 0 bridgehead atoms. The smallest absolute Gasteiger partial charge is 0.268 e. The highest BCUT2D eigenvalue weighted by Gasteiger charge is 2.38. The van der Waals surface area contributed by atoms with Crippen LogP contribution in [0.5, 0.6) is 0 Å². The van der Waals surface area contributed by atoms with Crippen LogP contribution in [0.1, 0.15) is 38.7 Å². The Morgan fingerprint density at radius 2 is 1.69 bits per heavy atom. The first kappa shape index (κ1) is 28.8. The number of nitrogens with one attached hydrogen (secondary N) is 1. The van der Waals surface area contributed by atoms with E-state index in [2.05, 4.69) is 23.5 Å². The van der Waals surface area contributed by atoms with Gasteiger partial charge in [-0.25, -0.2) is 13.1 Å². The summed E-state index contributed by atoms with van der Waals surface area (Å²) in [4.78, 5) is 30.3. The van der Waals surface area contributed by atoms with E-state index in [9.17, 15) is 18.0 Å². The average molecular weight is 582 g/mol. The molecule has 39 heavy (non-hydrogen) atoms. The Hall–Kier alpha value is -3.21. The second-order valence-electron chi connectivity index (χ2n) is 9.27. The predicted octanol–water partition coefficient (Wildman–Crippen LogP) is 5.38. The summed E-state index contributed by atoms with van der Waals surface area (Å²) < 4.78 is 27.5. The molecule has 1 unspecified atom stereocenters. The Balaban J connectivity index is 1.72. The van der Waals surface area contributed by atoms with Crippen LogP contribution >= 0.6 is 24.0 Å². The first-order valence-corrected chi connectivity index (χ1v) is 15.5. The van der Waals surface area contributed by atoms with Crippen LogP contribution in [0, 0.1) is 0 Å². The molecule has 1 atom stereocenters. The van der Waals surface area contributed by atoms with Crippen molar-refractivity contribution in [2.45, 2.75) is 44.0 Å². The van der Waals surface area contributed by atoms with E-state index >= 15 is 0 Å². The molecule has 1 aliphatic rings. The molecule has 2 amide bonds. The monoisotopic (exact) mass is 581 g/mol. The minimum absolute atomic E-state index is 0.0370. The second-order valence-corrected chi connectivity index (χ2v) is 12.6. The molecule has 0 spiro atoms. The second kappa shape index (κ2) is 12.3. The Bertz CT molecular complexity index is 1530. The number of nitrogens with zero attached hydrogens (tertiary/aromatic N) is 2. The van der Waals surface area contributed by atoms with E-state index in [0.29, 0.717) is 4.91 Å². The number of carbonyl (C=O) groups is 2. The van der Waals surface area contributed by atoms with Crippen LogP contribution in [0.4, 0.5) is 0 Å². The summed E-state index contributed by atoms with van der Waals surface area (Å²) in [6.07, 6.45) is 2.82. The summed E-state index contributed by atoms with van der Waals surface area (Å²) in [6.45, 7) is 3.76. The highest BCUT2D eigenvalue weighted by molar-refractivity contribution is 8.26. The summed E-state index contributed by atoms with van der Waals surface area (Å²) in [5, 5.41) is 2.05. The predicted molar refractivity (Wildman–Crippen MR) is 161 cm³/mol. The van der Waals surface area contributed by atoms with Gasteiger partial charge in [-0.2, -0.15) is 0 Å². The van der Waals surface area contributed by atoms with E-state index in [1.54, 1.807) is 18.2 Å². The maximum atomic E-state index is 13.8. The van der Waals surface area contributed by atoms with Crippen molar-refractivity contribution in [3.63, 3.8) is 0 Å². The van der Waals surface area contributed by atoms with Gasteiger partial charge >= 0.3 is 0 Å². The molecule has 10 heteroatoms. The summed E-state index contributed by atoms with van der Waals surface area (Å²) in [7, 11) is -2.08. The third kappa shape index (κ3) is 6.18. The van der Waals surface area contributed by atoms with Crippen LogP contribution in [0.15, 0.2) is 82.6 Å². The van der Waals surface area contributed by atoms with Gasteiger partial charge in [0.1, 0.15) is 15.8 Å². The lowest BCUT2D eigenvalue weighted by Crippen LogP contribution is -2.42. The lowest BCUT2D eigenvalue weighted by molar-refractivity contribution is -0.127. The van der Waals surface area contributed by atoms with Gasteiger partial charge in [-0.1, -0.05) is 105 Å². The van der Waals surface area contributed by atoms with E-state index < -0.39 is 28.4 Å². The fourth-order valence-corrected chi connectivity index (χ4v) is 7.13. The van der Waals surface area contributed by atoms with Gasteiger partial charge in [-0.05, 0) is 35.7 Å². The minimum Gasteiger partial charge on any atom is -0.370 e. The van der Waals surface area contributed by atoms with Crippen molar-refractivity contribution in [2.75, 3.05) is 13.6 Å². The molecule has 0 radical (unpaired) electrons. The summed E-state index contributed by atoms with van der Waals surface area (Å²) in [6, 6.07) is 21.8. The molecule has 1 saturated heterocycles. The van der Waals surface area contributed by atoms with Gasteiger partial charge in [0.25, 0.3) is 21.8 Å². The van der Waals surface area contributed by atoms with Crippen LogP contribution in [0.25, 0.3) is 16.5 Å². The lowest BCUT2D eigenvalue weighted by atomic mass is 9.98. The van der Waals surface area contributed by atoms with E-state index in [-0.39, 0.29) is 15.3 Å². The Morgan fingerprint density at radius 3 is 2.38 bits per heavy atom. The minimum atomic E-state index is -4.08.